The van der Waals surface area contributed by atoms with Gasteiger partial charge in [0.15, 0.2) is 0 Å². The summed E-state index contributed by atoms with van der Waals surface area (Å²) in [6, 6.07) is 1.75. The molecule has 16 heavy (non-hydrogen) atoms. The van der Waals surface area contributed by atoms with Gasteiger partial charge < -0.3 is 5.32 Å². The van der Waals surface area contributed by atoms with Crippen molar-refractivity contribution in [1.82, 2.24) is 4.98 Å². The first kappa shape index (κ1) is 11.6. The monoisotopic (exact) mass is 300 g/mol. The van der Waals surface area contributed by atoms with Gasteiger partial charge in [0, 0.05) is 5.92 Å². The van der Waals surface area contributed by atoms with Gasteiger partial charge in [-0.3, -0.25) is 4.79 Å². The summed E-state index contributed by atoms with van der Waals surface area (Å²) in [6.07, 6.45) is 7.23. The molecular formula is C11H10BrClN2O. The van der Waals surface area contributed by atoms with E-state index in [0.29, 0.717) is 15.3 Å². The molecule has 84 valence electrons. The van der Waals surface area contributed by atoms with Crippen molar-refractivity contribution in [1.29, 1.82) is 0 Å². The van der Waals surface area contributed by atoms with Crippen LogP contribution in [0.25, 0.3) is 0 Å². The van der Waals surface area contributed by atoms with Crippen molar-refractivity contribution in [2.24, 2.45) is 5.92 Å². The number of nitrogens with zero attached hydrogens (tertiary/aromatic N) is 1. The number of aromatic nitrogens is 1. The lowest BCUT2D eigenvalue weighted by Gasteiger charge is -2.10. The average molecular weight is 302 g/mol. The molecule has 0 saturated carbocycles. The van der Waals surface area contributed by atoms with Crippen LogP contribution >= 0.6 is 27.5 Å². The Bertz CT molecular complexity index is 440. The molecule has 1 aromatic heterocycles. The lowest BCUT2D eigenvalue weighted by atomic mass is 10.1. The van der Waals surface area contributed by atoms with Crippen LogP contribution in [0.3, 0.4) is 0 Å². The highest BCUT2D eigenvalue weighted by atomic mass is 79.9. The third-order valence-corrected chi connectivity index (χ3v) is 3.58. The number of nitrogens with one attached hydrogen (secondary N) is 1. The molecule has 0 spiro atoms. The summed E-state index contributed by atoms with van der Waals surface area (Å²) in [5, 5.41) is 3.21. The summed E-state index contributed by atoms with van der Waals surface area (Å²) < 4.78 is 0.677. The van der Waals surface area contributed by atoms with E-state index in [4.69, 9.17) is 11.6 Å². The van der Waals surface area contributed by atoms with E-state index in [2.05, 4.69) is 26.2 Å². The quantitative estimate of drug-likeness (QED) is 0.672. The van der Waals surface area contributed by atoms with Gasteiger partial charge in [-0.1, -0.05) is 23.8 Å². The van der Waals surface area contributed by atoms with E-state index in [1.54, 1.807) is 12.3 Å². The number of amides is 1. The fourth-order valence-corrected chi connectivity index (χ4v) is 2.02. The molecule has 0 aliphatic heterocycles. The van der Waals surface area contributed by atoms with Crippen molar-refractivity contribution in [3.63, 3.8) is 0 Å². The van der Waals surface area contributed by atoms with Gasteiger partial charge in [-0.2, -0.15) is 0 Å². The van der Waals surface area contributed by atoms with Crippen LogP contribution in [0.15, 0.2) is 28.9 Å². The molecule has 5 heteroatoms. The molecule has 1 amide bonds. The Hall–Kier alpha value is -0.870. The minimum Gasteiger partial charge on any atom is -0.324 e. The first-order chi connectivity index (χ1) is 7.66. The van der Waals surface area contributed by atoms with Crippen LogP contribution in [0.2, 0.25) is 5.15 Å². The number of pyridine rings is 1. The fourth-order valence-electron chi connectivity index (χ4n) is 1.57. The van der Waals surface area contributed by atoms with Gasteiger partial charge >= 0.3 is 0 Å². The molecule has 1 N–H and O–H groups in total. The maximum Gasteiger partial charge on any atom is 0.228 e. The SMILES string of the molecule is O=C(Nc1cnc(Cl)c(Br)c1)C1CC=CC1. The van der Waals surface area contributed by atoms with Gasteiger partial charge in [-0.25, -0.2) is 4.98 Å². The van der Waals surface area contributed by atoms with Crippen LogP contribution in [0.4, 0.5) is 5.69 Å². The normalized spacial score (nSPS) is 15.4. The van der Waals surface area contributed by atoms with E-state index in [0.717, 1.165) is 12.8 Å². The minimum absolute atomic E-state index is 0.0287. The Labute approximate surface area is 107 Å². The van der Waals surface area contributed by atoms with Crippen molar-refractivity contribution < 1.29 is 4.79 Å². The van der Waals surface area contributed by atoms with Crippen LogP contribution < -0.4 is 5.32 Å². The lowest BCUT2D eigenvalue weighted by Crippen LogP contribution is -2.20. The van der Waals surface area contributed by atoms with Crippen LogP contribution in [0.1, 0.15) is 12.8 Å². The molecule has 0 aromatic carbocycles. The molecule has 0 unspecified atom stereocenters. The van der Waals surface area contributed by atoms with Gasteiger partial charge in [-0.15, -0.1) is 0 Å². The Kier molecular flexibility index (Phi) is 3.61. The second-order valence-corrected chi connectivity index (χ2v) is 4.84. The molecule has 3 nitrogen and oxygen atoms in total. The van der Waals surface area contributed by atoms with E-state index in [1.807, 2.05) is 12.2 Å². The number of allylic oxidation sites excluding steroid dienone is 2. The van der Waals surface area contributed by atoms with E-state index < -0.39 is 0 Å². The number of anilines is 1. The maximum atomic E-state index is 11.8. The average Bonchev–Trinajstić information content (AvgIpc) is 2.77. The second-order valence-electron chi connectivity index (χ2n) is 3.63. The summed E-state index contributed by atoms with van der Waals surface area (Å²) in [7, 11) is 0. The smallest absolute Gasteiger partial charge is 0.228 e. The fraction of sp³-hybridized carbons (Fsp3) is 0.273. The number of carbonyl (C=O) groups excluding carboxylic acids is 1. The molecule has 0 radical (unpaired) electrons. The Balaban J connectivity index is 2.03. The third-order valence-electron chi connectivity index (χ3n) is 2.44. The van der Waals surface area contributed by atoms with Crippen LogP contribution in [0.5, 0.6) is 0 Å². The van der Waals surface area contributed by atoms with Crippen molar-refractivity contribution in [3.8, 4) is 0 Å². The number of carbonyl (C=O) groups is 1. The van der Waals surface area contributed by atoms with Crippen molar-refractivity contribution in [2.75, 3.05) is 5.32 Å². The van der Waals surface area contributed by atoms with Gasteiger partial charge in [0.05, 0.1) is 16.4 Å². The lowest BCUT2D eigenvalue weighted by molar-refractivity contribution is -0.119. The van der Waals surface area contributed by atoms with E-state index in [1.165, 1.54) is 0 Å². The van der Waals surface area contributed by atoms with Gasteiger partial charge in [0.1, 0.15) is 5.15 Å². The van der Waals surface area contributed by atoms with Gasteiger partial charge in [-0.05, 0) is 34.8 Å². The molecule has 2 rings (SSSR count). The summed E-state index contributed by atoms with van der Waals surface area (Å²) in [5.74, 6) is 0.0791. The largest absolute Gasteiger partial charge is 0.324 e. The predicted octanol–water partition coefficient (Wildman–Crippen LogP) is 3.40. The number of hydrogen-bond donors (Lipinski definition) is 1. The molecule has 0 fully saturated rings. The highest BCUT2D eigenvalue weighted by molar-refractivity contribution is 9.10. The summed E-state index contributed by atoms with van der Waals surface area (Å²) in [5.41, 5.74) is 0.660. The first-order valence-electron chi connectivity index (χ1n) is 4.93. The number of hydrogen-bond acceptors (Lipinski definition) is 2. The molecule has 0 atom stereocenters. The molecule has 1 aromatic rings. The number of rotatable bonds is 2. The zero-order chi connectivity index (χ0) is 11.5. The van der Waals surface area contributed by atoms with E-state index >= 15 is 0 Å². The standard InChI is InChI=1S/C11H10BrClN2O/c12-9-5-8(6-14-10(9)13)15-11(16)7-3-1-2-4-7/h1-2,5-7H,3-4H2,(H,15,16). The second kappa shape index (κ2) is 4.97. The third kappa shape index (κ3) is 2.62. The molecule has 1 heterocycles. The number of halogens is 2. The zero-order valence-corrected chi connectivity index (χ0v) is 10.8. The van der Waals surface area contributed by atoms with E-state index in [-0.39, 0.29) is 11.8 Å². The Morgan fingerprint density at radius 1 is 1.50 bits per heavy atom. The molecule has 0 bridgehead atoms. The zero-order valence-electron chi connectivity index (χ0n) is 8.41. The van der Waals surface area contributed by atoms with Crippen molar-refractivity contribution in [2.45, 2.75) is 12.8 Å². The highest BCUT2D eigenvalue weighted by Crippen LogP contribution is 2.24. The highest BCUT2D eigenvalue weighted by Gasteiger charge is 2.19. The van der Waals surface area contributed by atoms with Gasteiger partial charge in [0.2, 0.25) is 5.91 Å². The summed E-state index contributed by atoms with van der Waals surface area (Å²) in [4.78, 5) is 15.7. The van der Waals surface area contributed by atoms with Crippen LogP contribution in [-0.2, 0) is 4.79 Å². The molecule has 0 saturated heterocycles. The van der Waals surface area contributed by atoms with Crippen LogP contribution in [-0.4, -0.2) is 10.9 Å². The summed E-state index contributed by atoms with van der Waals surface area (Å²) >= 11 is 9.03. The molecule has 1 aliphatic rings. The topological polar surface area (TPSA) is 42.0 Å². The van der Waals surface area contributed by atoms with E-state index in [9.17, 15) is 4.79 Å². The summed E-state index contributed by atoms with van der Waals surface area (Å²) in [6.45, 7) is 0. The van der Waals surface area contributed by atoms with Gasteiger partial charge in [0.25, 0.3) is 0 Å². The van der Waals surface area contributed by atoms with Crippen molar-refractivity contribution >= 4 is 39.1 Å². The molecule has 1 aliphatic carbocycles. The van der Waals surface area contributed by atoms with Crippen molar-refractivity contribution in [3.05, 3.63) is 34.0 Å². The maximum absolute atomic E-state index is 11.8. The predicted molar refractivity (Wildman–Crippen MR) is 67.4 cm³/mol. The minimum atomic E-state index is 0.0287. The van der Waals surface area contributed by atoms with Crippen LogP contribution in [0, 0.1) is 5.92 Å². The Morgan fingerprint density at radius 3 is 2.81 bits per heavy atom. The molecular weight excluding hydrogens is 291 g/mol. The Morgan fingerprint density at radius 2 is 2.19 bits per heavy atom. The first-order valence-corrected chi connectivity index (χ1v) is 6.11.